The molecule has 0 amide bonds. The van der Waals surface area contributed by atoms with Crippen LogP contribution in [0.1, 0.15) is 10.4 Å². The summed E-state index contributed by atoms with van der Waals surface area (Å²) < 4.78 is 10.4. The molecule has 0 atom stereocenters. The number of benzene rings is 2. The fourth-order valence-corrected chi connectivity index (χ4v) is 2.14. The lowest BCUT2D eigenvalue weighted by atomic mass is 10.0. The largest absolute Gasteiger partial charge is 0.497 e. The Bertz CT molecular complexity index is 652. The van der Waals surface area contributed by atoms with Crippen molar-refractivity contribution in [3.8, 4) is 22.6 Å². The van der Waals surface area contributed by atoms with Gasteiger partial charge in [0, 0.05) is 16.7 Å². The fourth-order valence-electron chi connectivity index (χ4n) is 1.91. The van der Waals surface area contributed by atoms with Gasteiger partial charge in [0.15, 0.2) is 0 Å². The molecule has 0 spiro atoms. The minimum absolute atomic E-state index is 0.130. The van der Waals surface area contributed by atoms with Crippen molar-refractivity contribution >= 4 is 17.6 Å². The molecule has 2 aromatic carbocycles. The number of carboxylic acids is 1. The molecule has 0 aromatic heterocycles. The molecule has 0 bridgehead atoms. The normalized spacial score (nSPS) is 10.2. The highest BCUT2D eigenvalue weighted by Gasteiger charge is 2.12. The number of halogens is 1. The van der Waals surface area contributed by atoms with Crippen LogP contribution in [0.3, 0.4) is 0 Å². The molecule has 0 radical (unpaired) electrons. The highest BCUT2D eigenvalue weighted by atomic mass is 35.5. The summed E-state index contributed by atoms with van der Waals surface area (Å²) in [6.07, 6.45) is 0. The molecule has 0 fully saturated rings. The second-order valence-electron chi connectivity index (χ2n) is 4.10. The van der Waals surface area contributed by atoms with Gasteiger partial charge in [-0.1, -0.05) is 11.6 Å². The van der Waals surface area contributed by atoms with Gasteiger partial charge in [-0.3, -0.25) is 0 Å². The van der Waals surface area contributed by atoms with Gasteiger partial charge in [-0.2, -0.15) is 0 Å². The summed E-state index contributed by atoms with van der Waals surface area (Å²) in [5.41, 5.74) is 1.55. The first-order valence-corrected chi connectivity index (χ1v) is 6.19. The van der Waals surface area contributed by atoms with Crippen LogP contribution >= 0.6 is 11.6 Å². The molecular formula is C15H13ClO4. The molecule has 0 aliphatic rings. The maximum atomic E-state index is 11.1. The number of hydrogen-bond acceptors (Lipinski definition) is 3. The highest BCUT2D eigenvalue weighted by Crippen LogP contribution is 2.35. The molecule has 4 nitrogen and oxygen atoms in total. The predicted molar refractivity (Wildman–Crippen MR) is 77.0 cm³/mol. The number of carboxylic acid groups (broad SMARTS) is 1. The van der Waals surface area contributed by atoms with E-state index >= 15 is 0 Å². The molecule has 1 N–H and O–H groups in total. The van der Waals surface area contributed by atoms with Crippen LogP contribution in [0.5, 0.6) is 11.5 Å². The van der Waals surface area contributed by atoms with E-state index in [4.69, 9.17) is 26.2 Å². The molecule has 104 valence electrons. The number of ether oxygens (including phenoxy) is 2. The maximum absolute atomic E-state index is 11.1. The first-order chi connectivity index (χ1) is 9.55. The van der Waals surface area contributed by atoms with Crippen molar-refractivity contribution in [1.82, 2.24) is 0 Å². The van der Waals surface area contributed by atoms with Gasteiger partial charge in [0.2, 0.25) is 0 Å². The summed E-state index contributed by atoms with van der Waals surface area (Å²) in [6, 6.07) is 9.96. The molecule has 20 heavy (non-hydrogen) atoms. The average molecular weight is 293 g/mol. The molecule has 0 saturated heterocycles. The summed E-state index contributed by atoms with van der Waals surface area (Å²) in [5.74, 6) is 0.218. The van der Waals surface area contributed by atoms with Crippen LogP contribution in [0, 0.1) is 0 Å². The number of hydrogen-bond donors (Lipinski definition) is 1. The molecular weight excluding hydrogens is 280 g/mol. The lowest BCUT2D eigenvalue weighted by Gasteiger charge is -2.11. The van der Waals surface area contributed by atoms with E-state index in [1.54, 1.807) is 44.6 Å². The van der Waals surface area contributed by atoms with Gasteiger partial charge < -0.3 is 14.6 Å². The molecule has 0 unspecified atom stereocenters. The number of carbonyl (C=O) groups is 1. The van der Waals surface area contributed by atoms with Gasteiger partial charge in [-0.05, 0) is 35.9 Å². The Morgan fingerprint density at radius 2 is 1.85 bits per heavy atom. The van der Waals surface area contributed by atoms with Gasteiger partial charge in [-0.15, -0.1) is 0 Å². The lowest BCUT2D eigenvalue weighted by molar-refractivity contribution is 0.0697. The lowest BCUT2D eigenvalue weighted by Crippen LogP contribution is -1.97. The second-order valence-corrected chi connectivity index (χ2v) is 4.54. The van der Waals surface area contributed by atoms with Gasteiger partial charge in [0.05, 0.1) is 19.8 Å². The Morgan fingerprint density at radius 3 is 2.45 bits per heavy atom. The SMILES string of the molecule is COc1ccc(-c2cc(Cl)cc(C(=O)O)c2)c(OC)c1. The van der Waals surface area contributed by atoms with Crippen LogP contribution in [0.15, 0.2) is 36.4 Å². The van der Waals surface area contributed by atoms with Crippen molar-refractivity contribution in [3.05, 3.63) is 47.0 Å². The molecule has 0 heterocycles. The van der Waals surface area contributed by atoms with Crippen molar-refractivity contribution in [3.63, 3.8) is 0 Å². The third-order valence-corrected chi connectivity index (χ3v) is 3.08. The molecule has 5 heteroatoms. The van der Waals surface area contributed by atoms with Gasteiger partial charge >= 0.3 is 5.97 Å². The van der Waals surface area contributed by atoms with E-state index in [9.17, 15) is 4.79 Å². The van der Waals surface area contributed by atoms with Gasteiger partial charge in [-0.25, -0.2) is 4.79 Å². The minimum atomic E-state index is -1.03. The van der Waals surface area contributed by atoms with Crippen LogP contribution in [0.4, 0.5) is 0 Å². The zero-order valence-electron chi connectivity index (χ0n) is 11.0. The minimum Gasteiger partial charge on any atom is -0.497 e. The third kappa shape index (κ3) is 2.86. The molecule has 2 rings (SSSR count). The van der Waals surface area contributed by atoms with Crippen molar-refractivity contribution in [2.75, 3.05) is 14.2 Å². The van der Waals surface area contributed by atoms with Crippen molar-refractivity contribution in [1.29, 1.82) is 0 Å². The summed E-state index contributed by atoms with van der Waals surface area (Å²) >= 11 is 5.97. The van der Waals surface area contributed by atoms with E-state index in [2.05, 4.69) is 0 Å². The maximum Gasteiger partial charge on any atom is 0.335 e. The smallest absolute Gasteiger partial charge is 0.335 e. The van der Waals surface area contributed by atoms with E-state index in [0.29, 0.717) is 22.1 Å². The van der Waals surface area contributed by atoms with E-state index in [1.807, 2.05) is 0 Å². The molecule has 0 aliphatic heterocycles. The molecule has 0 aliphatic carbocycles. The Labute approximate surface area is 121 Å². The summed E-state index contributed by atoms with van der Waals surface area (Å²) in [4.78, 5) is 11.1. The topological polar surface area (TPSA) is 55.8 Å². The zero-order valence-corrected chi connectivity index (χ0v) is 11.8. The fraction of sp³-hybridized carbons (Fsp3) is 0.133. The van der Waals surface area contributed by atoms with Crippen LogP contribution in [0.2, 0.25) is 5.02 Å². The Morgan fingerprint density at radius 1 is 1.10 bits per heavy atom. The van der Waals surface area contributed by atoms with E-state index in [-0.39, 0.29) is 5.56 Å². The standard InChI is InChI=1S/C15H13ClO4/c1-19-12-3-4-13(14(8-12)20-2)9-5-10(15(17)18)7-11(16)6-9/h3-8H,1-2H3,(H,17,18). The van der Waals surface area contributed by atoms with E-state index in [0.717, 1.165) is 5.56 Å². The Balaban J connectivity index is 2.58. The summed E-state index contributed by atoms with van der Waals surface area (Å²) in [5, 5.41) is 9.44. The predicted octanol–water partition coefficient (Wildman–Crippen LogP) is 3.72. The summed E-state index contributed by atoms with van der Waals surface area (Å²) in [6.45, 7) is 0. The number of rotatable bonds is 4. The van der Waals surface area contributed by atoms with E-state index < -0.39 is 5.97 Å². The molecule has 2 aromatic rings. The Kier molecular flexibility index (Phi) is 4.15. The molecule has 0 saturated carbocycles. The van der Waals surface area contributed by atoms with Crippen LogP contribution in [-0.4, -0.2) is 25.3 Å². The zero-order chi connectivity index (χ0) is 14.7. The van der Waals surface area contributed by atoms with Crippen molar-refractivity contribution < 1.29 is 19.4 Å². The Hall–Kier alpha value is -2.20. The number of methoxy groups -OCH3 is 2. The first kappa shape index (κ1) is 14.2. The van der Waals surface area contributed by atoms with Crippen molar-refractivity contribution in [2.45, 2.75) is 0 Å². The summed E-state index contributed by atoms with van der Waals surface area (Å²) in [7, 11) is 3.11. The van der Waals surface area contributed by atoms with E-state index in [1.165, 1.54) is 6.07 Å². The van der Waals surface area contributed by atoms with Crippen LogP contribution in [0.25, 0.3) is 11.1 Å². The quantitative estimate of drug-likeness (QED) is 0.933. The average Bonchev–Trinajstić information content (AvgIpc) is 2.45. The highest BCUT2D eigenvalue weighted by molar-refractivity contribution is 6.31. The van der Waals surface area contributed by atoms with Gasteiger partial charge in [0.1, 0.15) is 11.5 Å². The van der Waals surface area contributed by atoms with Crippen molar-refractivity contribution in [2.24, 2.45) is 0 Å². The van der Waals surface area contributed by atoms with Crippen LogP contribution < -0.4 is 9.47 Å². The second kappa shape index (κ2) is 5.84. The number of aromatic carboxylic acids is 1. The first-order valence-electron chi connectivity index (χ1n) is 5.81. The third-order valence-electron chi connectivity index (χ3n) is 2.86. The van der Waals surface area contributed by atoms with Crippen LogP contribution in [-0.2, 0) is 0 Å². The van der Waals surface area contributed by atoms with Gasteiger partial charge in [0.25, 0.3) is 0 Å². The monoisotopic (exact) mass is 292 g/mol.